The summed E-state index contributed by atoms with van der Waals surface area (Å²) in [4.78, 5) is 38.2. The highest BCUT2D eigenvalue weighted by molar-refractivity contribution is 5.71. The SMILES string of the molecule is CC/C=C\C/C=C\C/C=C\C/C=C\CCCCCCC(=O)O[C@H](COC(=O)CCCC/C=C\C/C=C\C/C=C\CCCCC)COC(=O)CCCCCCCCCCCCCCCCCCCCCCC. The number of allylic oxidation sites excluding steroid dienone is 14. The van der Waals surface area contributed by atoms with Crippen molar-refractivity contribution in [1.29, 1.82) is 0 Å². The van der Waals surface area contributed by atoms with Crippen LogP contribution in [0.5, 0.6) is 0 Å². The van der Waals surface area contributed by atoms with E-state index >= 15 is 0 Å². The molecule has 0 unspecified atom stereocenters. The van der Waals surface area contributed by atoms with Crippen molar-refractivity contribution in [3.8, 4) is 0 Å². The van der Waals surface area contributed by atoms with Crippen LogP contribution in [0.3, 0.4) is 0 Å². The van der Waals surface area contributed by atoms with Gasteiger partial charge in [0, 0.05) is 19.3 Å². The highest BCUT2D eigenvalue weighted by Gasteiger charge is 2.19. The lowest BCUT2D eigenvalue weighted by atomic mass is 10.0. The second kappa shape index (κ2) is 59.2. The second-order valence-corrected chi connectivity index (χ2v) is 19.9. The minimum absolute atomic E-state index is 0.0968. The first-order chi connectivity index (χ1) is 35.0. The third-order valence-corrected chi connectivity index (χ3v) is 12.9. The van der Waals surface area contributed by atoms with Gasteiger partial charge in [0.1, 0.15) is 13.2 Å². The number of ether oxygens (including phenoxy) is 3. The standard InChI is InChI=1S/C65H112O6/c1-4-7-10-13-16-19-22-25-28-30-31-32-33-35-37-40-43-46-49-52-55-58-64(67)70-61-62(60-69-63(66)57-54-51-48-45-42-39-36-27-24-21-18-15-12-9-6-3)71-65(68)59-56-53-50-47-44-41-38-34-29-26-23-20-17-14-11-8-5-2/h8,11,17-18,20-21,26-27,29,36,38,41-42,45,62H,4-7,9-10,12-16,19,22-25,28,30-35,37,39-40,43-44,46-61H2,1-3H3/b11-8-,20-17-,21-18-,29-26-,36-27-,41-38-,45-42-/t62-/m1/s1. The molecule has 0 saturated heterocycles. The predicted octanol–water partition coefficient (Wildman–Crippen LogP) is 20.3. The molecule has 0 heterocycles. The Morgan fingerprint density at radius 1 is 0.296 bits per heavy atom. The van der Waals surface area contributed by atoms with Crippen LogP contribution in [-0.2, 0) is 28.6 Å². The lowest BCUT2D eigenvalue weighted by molar-refractivity contribution is -0.167. The molecule has 0 aliphatic rings. The van der Waals surface area contributed by atoms with E-state index in [1.165, 1.54) is 141 Å². The molecule has 408 valence electrons. The number of esters is 3. The summed E-state index contributed by atoms with van der Waals surface area (Å²) in [6.07, 6.45) is 77.3. The van der Waals surface area contributed by atoms with Gasteiger partial charge in [0.15, 0.2) is 6.10 Å². The summed E-state index contributed by atoms with van der Waals surface area (Å²) in [6.45, 7) is 6.47. The molecule has 0 aromatic heterocycles. The molecule has 71 heavy (non-hydrogen) atoms. The maximum absolute atomic E-state index is 12.9. The number of hydrogen-bond donors (Lipinski definition) is 0. The van der Waals surface area contributed by atoms with Gasteiger partial charge < -0.3 is 14.2 Å². The van der Waals surface area contributed by atoms with E-state index in [1.54, 1.807) is 0 Å². The van der Waals surface area contributed by atoms with E-state index in [4.69, 9.17) is 14.2 Å². The normalized spacial score (nSPS) is 12.7. The Kier molecular flexibility index (Phi) is 56.3. The Morgan fingerprint density at radius 3 is 0.915 bits per heavy atom. The number of carbonyl (C=O) groups excluding carboxylic acids is 3. The van der Waals surface area contributed by atoms with Crippen molar-refractivity contribution >= 4 is 17.9 Å². The molecule has 0 N–H and O–H groups in total. The van der Waals surface area contributed by atoms with Crippen molar-refractivity contribution in [3.05, 3.63) is 85.1 Å². The van der Waals surface area contributed by atoms with E-state index in [1.807, 2.05) is 0 Å². The minimum atomic E-state index is -0.805. The molecular weight excluding hydrogens is 877 g/mol. The summed E-state index contributed by atoms with van der Waals surface area (Å²) in [5.41, 5.74) is 0. The lowest BCUT2D eigenvalue weighted by Gasteiger charge is -2.18. The van der Waals surface area contributed by atoms with Gasteiger partial charge in [-0.15, -0.1) is 0 Å². The molecule has 0 aliphatic heterocycles. The third-order valence-electron chi connectivity index (χ3n) is 12.9. The molecule has 6 heteroatoms. The summed E-state index contributed by atoms with van der Waals surface area (Å²) >= 11 is 0. The molecule has 0 aliphatic carbocycles. The Balaban J connectivity index is 4.41. The van der Waals surface area contributed by atoms with Crippen LogP contribution in [0.1, 0.15) is 290 Å². The second-order valence-electron chi connectivity index (χ2n) is 19.9. The van der Waals surface area contributed by atoms with E-state index < -0.39 is 6.10 Å². The number of rotatable bonds is 54. The molecule has 0 aromatic carbocycles. The average molecular weight is 990 g/mol. The highest BCUT2D eigenvalue weighted by atomic mass is 16.6. The molecule has 0 spiro atoms. The Labute approximate surface area is 439 Å². The van der Waals surface area contributed by atoms with Gasteiger partial charge >= 0.3 is 17.9 Å². The van der Waals surface area contributed by atoms with Crippen molar-refractivity contribution < 1.29 is 28.6 Å². The summed E-state index contributed by atoms with van der Waals surface area (Å²) in [6, 6.07) is 0. The van der Waals surface area contributed by atoms with E-state index in [0.29, 0.717) is 19.3 Å². The molecule has 0 radical (unpaired) electrons. The first-order valence-electron chi connectivity index (χ1n) is 30.1. The van der Waals surface area contributed by atoms with Crippen LogP contribution in [0.25, 0.3) is 0 Å². The zero-order valence-corrected chi connectivity index (χ0v) is 46.7. The van der Waals surface area contributed by atoms with E-state index in [0.717, 1.165) is 109 Å². The fourth-order valence-electron chi connectivity index (χ4n) is 8.38. The predicted molar refractivity (Wildman–Crippen MR) is 307 cm³/mol. The highest BCUT2D eigenvalue weighted by Crippen LogP contribution is 2.16. The molecular formula is C65H112O6. The molecule has 0 saturated carbocycles. The summed E-state index contributed by atoms with van der Waals surface area (Å²) < 4.78 is 16.8. The van der Waals surface area contributed by atoms with Crippen LogP contribution < -0.4 is 0 Å². The zero-order valence-electron chi connectivity index (χ0n) is 46.7. The smallest absolute Gasteiger partial charge is 0.306 e. The van der Waals surface area contributed by atoms with Gasteiger partial charge in [-0.1, -0.05) is 260 Å². The first-order valence-corrected chi connectivity index (χ1v) is 30.1. The molecule has 0 aromatic rings. The van der Waals surface area contributed by atoms with E-state index in [9.17, 15) is 14.4 Å². The van der Waals surface area contributed by atoms with Crippen molar-refractivity contribution in [1.82, 2.24) is 0 Å². The Hall–Kier alpha value is -3.41. The van der Waals surface area contributed by atoms with Crippen molar-refractivity contribution in [3.63, 3.8) is 0 Å². The van der Waals surface area contributed by atoms with Crippen LogP contribution in [0.15, 0.2) is 85.1 Å². The quantitative estimate of drug-likeness (QED) is 0.0261. The van der Waals surface area contributed by atoms with Crippen LogP contribution in [-0.4, -0.2) is 37.2 Å². The molecule has 1 atom stereocenters. The first kappa shape index (κ1) is 67.6. The largest absolute Gasteiger partial charge is 0.462 e. The van der Waals surface area contributed by atoms with Gasteiger partial charge in [0.05, 0.1) is 0 Å². The van der Waals surface area contributed by atoms with Crippen LogP contribution >= 0.6 is 0 Å². The maximum atomic E-state index is 12.9. The summed E-state index contributed by atoms with van der Waals surface area (Å²) in [7, 11) is 0. The van der Waals surface area contributed by atoms with Crippen LogP contribution in [0, 0.1) is 0 Å². The van der Waals surface area contributed by atoms with Crippen molar-refractivity contribution in [2.75, 3.05) is 13.2 Å². The number of carbonyl (C=O) groups is 3. The van der Waals surface area contributed by atoms with Gasteiger partial charge in [0.25, 0.3) is 0 Å². The maximum Gasteiger partial charge on any atom is 0.306 e. The average Bonchev–Trinajstić information content (AvgIpc) is 3.37. The molecule has 0 bridgehead atoms. The molecule has 0 rings (SSSR count). The van der Waals surface area contributed by atoms with Gasteiger partial charge in [-0.25, -0.2) is 0 Å². The van der Waals surface area contributed by atoms with Gasteiger partial charge in [-0.05, 0) is 96.3 Å². The Bertz CT molecular complexity index is 1370. The van der Waals surface area contributed by atoms with E-state index in [-0.39, 0.29) is 31.1 Å². The fraction of sp³-hybridized carbons (Fsp3) is 0.738. The van der Waals surface area contributed by atoms with Crippen molar-refractivity contribution in [2.45, 2.75) is 297 Å². The molecule has 0 fully saturated rings. The van der Waals surface area contributed by atoms with Gasteiger partial charge in [-0.3, -0.25) is 14.4 Å². The van der Waals surface area contributed by atoms with E-state index in [2.05, 4.69) is 106 Å². The lowest BCUT2D eigenvalue weighted by Crippen LogP contribution is -2.30. The van der Waals surface area contributed by atoms with Crippen LogP contribution in [0.2, 0.25) is 0 Å². The topological polar surface area (TPSA) is 78.9 Å². The number of hydrogen-bond acceptors (Lipinski definition) is 6. The third kappa shape index (κ3) is 57.4. The molecule has 6 nitrogen and oxygen atoms in total. The summed E-state index contributed by atoms with van der Waals surface area (Å²) in [5, 5.41) is 0. The summed E-state index contributed by atoms with van der Waals surface area (Å²) in [5.74, 6) is -0.951. The zero-order chi connectivity index (χ0) is 51.4. The van der Waals surface area contributed by atoms with Gasteiger partial charge in [-0.2, -0.15) is 0 Å². The monoisotopic (exact) mass is 989 g/mol. The molecule has 0 amide bonds. The Morgan fingerprint density at radius 2 is 0.549 bits per heavy atom. The minimum Gasteiger partial charge on any atom is -0.462 e. The fourth-order valence-corrected chi connectivity index (χ4v) is 8.38. The van der Waals surface area contributed by atoms with Crippen molar-refractivity contribution in [2.24, 2.45) is 0 Å². The van der Waals surface area contributed by atoms with Gasteiger partial charge in [0.2, 0.25) is 0 Å². The number of unbranched alkanes of at least 4 members (excludes halogenated alkanes) is 29. The van der Waals surface area contributed by atoms with Crippen LogP contribution in [0.4, 0.5) is 0 Å².